The Labute approximate surface area is 85.9 Å². The fourth-order valence-corrected chi connectivity index (χ4v) is 1.85. The molecule has 0 N–H and O–H groups in total. The highest BCUT2D eigenvalue weighted by atomic mass is 14.7. The van der Waals surface area contributed by atoms with Gasteiger partial charge in [0.15, 0.2) is 0 Å². The van der Waals surface area contributed by atoms with E-state index in [9.17, 15) is 0 Å². The second kappa shape index (κ2) is 3.56. The second-order valence-corrected chi connectivity index (χ2v) is 4.37. The first-order chi connectivity index (χ1) is 6.72. The monoisotopic (exact) mass is 187 g/mol. The first-order valence-electron chi connectivity index (χ1n) is 5.34. The van der Waals surface area contributed by atoms with Gasteiger partial charge in [-0.05, 0) is 47.9 Å². The van der Waals surface area contributed by atoms with E-state index in [1.165, 1.54) is 24.0 Å². The zero-order valence-electron chi connectivity index (χ0n) is 8.96. The Balaban J connectivity index is 2.43. The number of hydrogen-bond acceptors (Lipinski definition) is 1. The Morgan fingerprint density at radius 1 is 1.50 bits per heavy atom. The maximum atomic E-state index is 4.38. The molecular formula is C13H17N. The third-order valence-electron chi connectivity index (χ3n) is 2.84. The summed E-state index contributed by atoms with van der Waals surface area (Å²) >= 11 is 0. The van der Waals surface area contributed by atoms with Crippen molar-refractivity contribution in [3.05, 3.63) is 35.7 Å². The number of pyridine rings is 1. The average molecular weight is 187 g/mol. The summed E-state index contributed by atoms with van der Waals surface area (Å²) in [4.78, 5) is 4.38. The molecule has 0 amide bonds. The predicted octanol–water partition coefficient (Wildman–Crippen LogP) is 3.73. The highest BCUT2D eigenvalue weighted by molar-refractivity contribution is 5.46. The van der Waals surface area contributed by atoms with E-state index in [1.807, 2.05) is 12.3 Å². The topological polar surface area (TPSA) is 12.9 Å². The highest BCUT2D eigenvalue weighted by Gasteiger charge is 2.26. The standard InChI is InChI=1S/C13H17N/c1-4-11-7-12(9(2)3)13(8-14-11)10-5-6-10/h4,7-10H,1,5-6H2,2-3H3. The van der Waals surface area contributed by atoms with E-state index in [1.54, 1.807) is 0 Å². The molecule has 74 valence electrons. The molecule has 1 aliphatic carbocycles. The SMILES string of the molecule is C=Cc1cc(C(C)C)c(C2CC2)cn1. The van der Waals surface area contributed by atoms with Crippen molar-refractivity contribution in [2.75, 3.05) is 0 Å². The lowest BCUT2D eigenvalue weighted by Crippen LogP contribution is -1.97. The Morgan fingerprint density at radius 3 is 2.71 bits per heavy atom. The first-order valence-corrected chi connectivity index (χ1v) is 5.34. The maximum absolute atomic E-state index is 4.38. The quantitative estimate of drug-likeness (QED) is 0.702. The normalized spacial score (nSPS) is 15.9. The van der Waals surface area contributed by atoms with Crippen LogP contribution >= 0.6 is 0 Å². The minimum Gasteiger partial charge on any atom is -0.257 e. The molecule has 1 aromatic heterocycles. The van der Waals surface area contributed by atoms with Crippen LogP contribution in [0.15, 0.2) is 18.8 Å². The van der Waals surface area contributed by atoms with E-state index in [4.69, 9.17) is 0 Å². The lowest BCUT2D eigenvalue weighted by Gasteiger charge is -2.12. The fraction of sp³-hybridized carbons (Fsp3) is 0.462. The van der Waals surface area contributed by atoms with Crippen LogP contribution in [0.3, 0.4) is 0 Å². The molecule has 1 fully saturated rings. The molecule has 0 unspecified atom stereocenters. The molecule has 0 atom stereocenters. The van der Waals surface area contributed by atoms with Gasteiger partial charge in [-0.1, -0.05) is 20.4 Å². The third-order valence-corrected chi connectivity index (χ3v) is 2.84. The molecule has 1 aromatic rings. The van der Waals surface area contributed by atoms with Crippen LogP contribution in [-0.2, 0) is 0 Å². The van der Waals surface area contributed by atoms with Gasteiger partial charge in [0.05, 0.1) is 5.69 Å². The van der Waals surface area contributed by atoms with Gasteiger partial charge in [-0.3, -0.25) is 4.98 Å². The maximum Gasteiger partial charge on any atom is 0.0626 e. The molecule has 1 heterocycles. The van der Waals surface area contributed by atoms with E-state index in [-0.39, 0.29) is 0 Å². The summed E-state index contributed by atoms with van der Waals surface area (Å²) in [7, 11) is 0. The predicted molar refractivity (Wildman–Crippen MR) is 60.4 cm³/mol. The van der Waals surface area contributed by atoms with Gasteiger partial charge in [0.25, 0.3) is 0 Å². The molecule has 0 radical (unpaired) electrons. The molecule has 0 aliphatic heterocycles. The highest BCUT2D eigenvalue weighted by Crippen LogP contribution is 2.43. The molecule has 1 heteroatoms. The summed E-state index contributed by atoms with van der Waals surface area (Å²) in [6.45, 7) is 8.25. The van der Waals surface area contributed by atoms with E-state index >= 15 is 0 Å². The molecule has 14 heavy (non-hydrogen) atoms. The van der Waals surface area contributed by atoms with Crippen molar-refractivity contribution < 1.29 is 0 Å². The van der Waals surface area contributed by atoms with Crippen LogP contribution in [0.1, 0.15) is 55.3 Å². The van der Waals surface area contributed by atoms with Crippen LogP contribution in [0.4, 0.5) is 0 Å². The van der Waals surface area contributed by atoms with Gasteiger partial charge in [-0.15, -0.1) is 0 Å². The van der Waals surface area contributed by atoms with Crippen LogP contribution < -0.4 is 0 Å². The number of nitrogens with zero attached hydrogens (tertiary/aromatic N) is 1. The van der Waals surface area contributed by atoms with Gasteiger partial charge >= 0.3 is 0 Å². The van der Waals surface area contributed by atoms with Crippen molar-refractivity contribution in [3.63, 3.8) is 0 Å². The Bertz CT molecular complexity index is 348. The van der Waals surface area contributed by atoms with E-state index < -0.39 is 0 Å². The number of hydrogen-bond donors (Lipinski definition) is 0. The Kier molecular flexibility index (Phi) is 2.40. The van der Waals surface area contributed by atoms with Gasteiger partial charge in [-0.2, -0.15) is 0 Å². The van der Waals surface area contributed by atoms with Crippen molar-refractivity contribution in [1.29, 1.82) is 0 Å². The zero-order chi connectivity index (χ0) is 10.1. The average Bonchev–Trinajstić information content (AvgIpc) is 3.00. The van der Waals surface area contributed by atoms with Crippen LogP contribution in [0.5, 0.6) is 0 Å². The van der Waals surface area contributed by atoms with Crippen molar-refractivity contribution >= 4 is 6.08 Å². The number of aromatic nitrogens is 1. The smallest absolute Gasteiger partial charge is 0.0626 e. The van der Waals surface area contributed by atoms with Crippen molar-refractivity contribution in [2.24, 2.45) is 0 Å². The molecule has 0 aromatic carbocycles. The number of rotatable bonds is 3. The van der Waals surface area contributed by atoms with Crippen LogP contribution in [0.2, 0.25) is 0 Å². The van der Waals surface area contributed by atoms with Gasteiger partial charge in [0.1, 0.15) is 0 Å². The van der Waals surface area contributed by atoms with Crippen LogP contribution in [0.25, 0.3) is 6.08 Å². The summed E-state index contributed by atoms with van der Waals surface area (Å²) in [5.74, 6) is 1.38. The summed E-state index contributed by atoms with van der Waals surface area (Å²) in [6.07, 6.45) is 6.55. The molecule has 1 aliphatic rings. The summed E-state index contributed by atoms with van der Waals surface area (Å²) in [5, 5.41) is 0. The lowest BCUT2D eigenvalue weighted by atomic mass is 9.95. The molecule has 1 saturated carbocycles. The van der Waals surface area contributed by atoms with Crippen LogP contribution in [0, 0.1) is 0 Å². The molecule has 1 nitrogen and oxygen atoms in total. The minimum absolute atomic E-state index is 0.590. The van der Waals surface area contributed by atoms with E-state index in [2.05, 4.69) is 31.5 Å². The van der Waals surface area contributed by atoms with Crippen LogP contribution in [-0.4, -0.2) is 4.98 Å². The minimum atomic E-state index is 0.590. The first kappa shape index (κ1) is 9.45. The lowest BCUT2D eigenvalue weighted by molar-refractivity contribution is 0.834. The molecule has 0 spiro atoms. The summed E-state index contributed by atoms with van der Waals surface area (Å²) < 4.78 is 0. The Hall–Kier alpha value is -1.11. The van der Waals surface area contributed by atoms with Crippen molar-refractivity contribution in [2.45, 2.75) is 38.5 Å². The molecular weight excluding hydrogens is 170 g/mol. The third kappa shape index (κ3) is 1.72. The summed E-state index contributed by atoms with van der Waals surface area (Å²) in [6, 6.07) is 2.19. The van der Waals surface area contributed by atoms with Gasteiger partial charge < -0.3 is 0 Å². The molecule has 0 saturated heterocycles. The molecule has 0 bridgehead atoms. The second-order valence-electron chi connectivity index (χ2n) is 4.37. The van der Waals surface area contributed by atoms with Gasteiger partial charge in [0.2, 0.25) is 0 Å². The summed E-state index contributed by atoms with van der Waals surface area (Å²) in [5.41, 5.74) is 3.92. The van der Waals surface area contributed by atoms with E-state index in [0.29, 0.717) is 5.92 Å². The van der Waals surface area contributed by atoms with Crippen molar-refractivity contribution in [3.8, 4) is 0 Å². The fourth-order valence-electron chi connectivity index (χ4n) is 1.85. The largest absolute Gasteiger partial charge is 0.257 e. The van der Waals surface area contributed by atoms with Gasteiger partial charge in [0, 0.05) is 6.20 Å². The van der Waals surface area contributed by atoms with Gasteiger partial charge in [-0.25, -0.2) is 0 Å². The van der Waals surface area contributed by atoms with Crippen molar-refractivity contribution in [1.82, 2.24) is 4.98 Å². The Morgan fingerprint density at radius 2 is 2.21 bits per heavy atom. The molecule has 2 rings (SSSR count). The zero-order valence-corrected chi connectivity index (χ0v) is 8.96. The van der Waals surface area contributed by atoms with E-state index in [0.717, 1.165) is 11.6 Å².